The fraction of sp³-hybridized carbons (Fsp3) is 0.857. The van der Waals surface area contributed by atoms with E-state index >= 15 is 0 Å². The Labute approximate surface area is 289 Å². The first kappa shape index (κ1) is 43.4. The molecule has 1 aromatic rings. The van der Waals surface area contributed by atoms with Gasteiger partial charge in [-0.3, -0.25) is 0 Å². The van der Waals surface area contributed by atoms with E-state index in [1.807, 2.05) is 0 Å². The molecule has 0 amide bonds. The summed E-state index contributed by atoms with van der Waals surface area (Å²) in [5.41, 5.74) is 0. The average Bonchev–Trinajstić information content (AvgIpc) is 3.07. The van der Waals surface area contributed by atoms with E-state index in [1.54, 1.807) is 0 Å². The van der Waals surface area contributed by atoms with Crippen LogP contribution in [0.1, 0.15) is 213 Å². The summed E-state index contributed by atoms with van der Waals surface area (Å²) in [6.07, 6.45) is 41.2. The van der Waals surface area contributed by atoms with Gasteiger partial charge in [-0.15, -0.1) is 0 Å². The molecule has 0 saturated heterocycles. The van der Waals surface area contributed by atoms with Crippen LogP contribution in [0, 0.1) is 0 Å². The molecule has 0 aliphatic heterocycles. The van der Waals surface area contributed by atoms with Crippen LogP contribution < -0.4 is 4.52 Å². The van der Waals surface area contributed by atoms with Crippen molar-refractivity contribution < 1.29 is 13.6 Å². The molecule has 1 aromatic carbocycles. The molecule has 3 nitrogen and oxygen atoms in total. The molecule has 4 heteroatoms. The number of benzene rings is 1. The molecule has 0 aliphatic carbocycles. The van der Waals surface area contributed by atoms with Gasteiger partial charge in [-0.25, -0.2) is 0 Å². The molecule has 272 valence electrons. The molecule has 0 bridgehead atoms. The van der Waals surface area contributed by atoms with Crippen LogP contribution in [0.2, 0.25) is 0 Å². The van der Waals surface area contributed by atoms with Gasteiger partial charge in [0.15, 0.2) is 0 Å². The number of unbranched alkanes of at least 4 members (excludes halogenated alkanes) is 27. The van der Waals surface area contributed by atoms with Crippen molar-refractivity contribution in [1.82, 2.24) is 0 Å². The number of hydrogen-bond acceptors (Lipinski definition) is 3. The first-order chi connectivity index (χ1) is 22.8. The summed E-state index contributed by atoms with van der Waals surface area (Å²) in [6, 6.07) is 10.4. The first-order valence-corrected chi connectivity index (χ1v) is 22.7. The molecular weight excluding hydrogens is 583 g/mol. The zero-order valence-electron chi connectivity index (χ0n) is 31.4. The van der Waals surface area contributed by atoms with E-state index in [4.69, 9.17) is 13.6 Å². The topological polar surface area (TPSA) is 27.7 Å². The van der Waals surface area contributed by atoms with Gasteiger partial charge in [0.2, 0.25) is 0 Å². The van der Waals surface area contributed by atoms with Gasteiger partial charge in [0.25, 0.3) is 0 Å². The van der Waals surface area contributed by atoms with Crippen molar-refractivity contribution in [2.45, 2.75) is 213 Å². The van der Waals surface area contributed by atoms with Gasteiger partial charge in [-0.05, 0) is 0 Å². The second-order valence-corrected chi connectivity index (χ2v) is 16.7. The maximum atomic E-state index is 6.77. The van der Waals surface area contributed by atoms with Gasteiger partial charge in [-0.1, -0.05) is 13.8 Å². The Morgan fingerprint density at radius 1 is 0.370 bits per heavy atom. The summed E-state index contributed by atoms with van der Waals surface area (Å²) >= 11 is 0. The van der Waals surface area contributed by atoms with Gasteiger partial charge in [0.05, 0.1) is 0 Å². The zero-order chi connectivity index (χ0) is 33.1. The second-order valence-electron chi connectivity index (χ2n) is 14.1. The standard InChI is InChI=1S/C42H81O3P/c1-4-7-10-13-16-19-22-25-28-34-39-43-46(45-42-37-32-31-33-38-42,41-36-30-27-24-21-18-15-12-9-6-3)44-40-35-29-26-23-20-17-14-11-8-5-2/h31-33,37-38,46H,4-30,34-36,39-41H2,1-3H3. The Morgan fingerprint density at radius 2 is 0.674 bits per heavy atom. The van der Waals surface area contributed by atoms with Crippen LogP contribution in [0.5, 0.6) is 5.75 Å². The molecule has 1 rings (SSSR count). The van der Waals surface area contributed by atoms with Gasteiger partial charge in [-0.2, -0.15) is 0 Å². The number of rotatable bonds is 37. The second kappa shape index (κ2) is 34.2. The molecule has 0 fully saturated rings. The van der Waals surface area contributed by atoms with Crippen LogP contribution in [0.4, 0.5) is 0 Å². The average molecular weight is 665 g/mol. The molecule has 0 saturated carbocycles. The van der Waals surface area contributed by atoms with Crippen LogP contribution in [0.25, 0.3) is 0 Å². The van der Waals surface area contributed by atoms with Crippen molar-refractivity contribution in [2.75, 3.05) is 19.4 Å². The van der Waals surface area contributed by atoms with E-state index in [0.29, 0.717) is 0 Å². The molecular formula is C42H81O3P. The number of para-hydroxylation sites is 1. The summed E-state index contributed by atoms with van der Waals surface area (Å²) in [5.74, 6) is 0.910. The van der Waals surface area contributed by atoms with Crippen molar-refractivity contribution in [3.8, 4) is 5.75 Å². The van der Waals surface area contributed by atoms with Gasteiger partial charge >= 0.3 is 277 Å². The third-order valence-corrected chi connectivity index (χ3v) is 12.3. The van der Waals surface area contributed by atoms with Crippen LogP contribution in [-0.2, 0) is 9.05 Å². The van der Waals surface area contributed by atoms with E-state index in [1.165, 1.54) is 173 Å². The van der Waals surface area contributed by atoms with E-state index in [2.05, 4.69) is 51.1 Å². The molecule has 0 radical (unpaired) electrons. The summed E-state index contributed by atoms with van der Waals surface area (Å²) in [4.78, 5) is 0. The fourth-order valence-corrected chi connectivity index (χ4v) is 9.11. The fourth-order valence-electron chi connectivity index (χ4n) is 6.43. The molecule has 0 atom stereocenters. The Balaban J connectivity index is 2.56. The van der Waals surface area contributed by atoms with Gasteiger partial charge in [0, 0.05) is 0 Å². The third-order valence-electron chi connectivity index (χ3n) is 9.49. The molecule has 0 N–H and O–H groups in total. The predicted octanol–water partition coefficient (Wildman–Crippen LogP) is 15.4. The quantitative estimate of drug-likeness (QED) is 0.0523. The van der Waals surface area contributed by atoms with Crippen molar-refractivity contribution in [2.24, 2.45) is 0 Å². The minimum absolute atomic E-state index is 0.769. The van der Waals surface area contributed by atoms with E-state index in [0.717, 1.165) is 44.4 Å². The van der Waals surface area contributed by atoms with Gasteiger partial charge < -0.3 is 0 Å². The monoisotopic (exact) mass is 665 g/mol. The number of hydrogen-bond donors (Lipinski definition) is 0. The van der Waals surface area contributed by atoms with E-state index in [-0.39, 0.29) is 0 Å². The molecule has 0 spiro atoms. The van der Waals surface area contributed by atoms with Crippen molar-refractivity contribution >= 4 is 7.94 Å². The Morgan fingerprint density at radius 3 is 1.02 bits per heavy atom. The molecule has 0 unspecified atom stereocenters. The van der Waals surface area contributed by atoms with Crippen LogP contribution in [0.3, 0.4) is 0 Å². The van der Waals surface area contributed by atoms with E-state index in [9.17, 15) is 0 Å². The Bertz CT molecular complexity index is 686. The summed E-state index contributed by atoms with van der Waals surface area (Å²) in [6.45, 7) is 8.43. The molecule has 0 aliphatic rings. The molecule has 46 heavy (non-hydrogen) atoms. The van der Waals surface area contributed by atoms with Crippen LogP contribution >= 0.6 is 7.94 Å². The Kier molecular flexibility index (Phi) is 32.3. The summed E-state index contributed by atoms with van der Waals surface area (Å²) in [5, 5.41) is 0. The maximum absolute atomic E-state index is 6.77. The van der Waals surface area contributed by atoms with Crippen molar-refractivity contribution in [3.05, 3.63) is 30.3 Å². The van der Waals surface area contributed by atoms with Crippen LogP contribution in [-0.4, -0.2) is 19.4 Å². The molecule has 0 heterocycles. The summed E-state index contributed by atoms with van der Waals surface area (Å²) in [7, 11) is -2.81. The Hall–Kier alpha value is -0.630. The van der Waals surface area contributed by atoms with Crippen molar-refractivity contribution in [1.29, 1.82) is 0 Å². The zero-order valence-corrected chi connectivity index (χ0v) is 32.4. The third kappa shape index (κ3) is 27.3. The SMILES string of the molecule is CCCCCCCCCCCCO[PH](CCCCCCCCCCCC)(OCCCCCCCCCCCC)Oc1ccccc1. The molecule has 0 aromatic heterocycles. The predicted molar refractivity (Wildman–Crippen MR) is 208 cm³/mol. The normalized spacial score (nSPS) is 12.2. The minimum atomic E-state index is -2.81. The van der Waals surface area contributed by atoms with Crippen LogP contribution in [0.15, 0.2) is 30.3 Å². The van der Waals surface area contributed by atoms with E-state index < -0.39 is 7.94 Å². The van der Waals surface area contributed by atoms with Crippen molar-refractivity contribution in [3.63, 3.8) is 0 Å². The first-order valence-electron chi connectivity index (χ1n) is 20.8. The van der Waals surface area contributed by atoms with Gasteiger partial charge in [0.1, 0.15) is 0 Å². The summed E-state index contributed by atoms with van der Waals surface area (Å²) < 4.78 is 20.3.